The van der Waals surface area contributed by atoms with Crippen LogP contribution in [0.25, 0.3) is 0 Å². The topological polar surface area (TPSA) is 24.9 Å². The van der Waals surface area contributed by atoms with Gasteiger partial charge in [-0.15, -0.1) is 11.6 Å². The lowest BCUT2D eigenvalue weighted by molar-refractivity contribution is 1.01. The molecule has 0 aliphatic carbocycles. The Kier molecular flexibility index (Phi) is 3.99. The highest BCUT2D eigenvalue weighted by molar-refractivity contribution is 6.17. The van der Waals surface area contributed by atoms with E-state index < -0.39 is 0 Å². The predicted molar refractivity (Wildman–Crippen MR) is 72.3 cm³/mol. The first-order valence-electron chi connectivity index (χ1n) is 5.59. The molecule has 1 aromatic carbocycles. The molecule has 0 aliphatic rings. The van der Waals surface area contributed by atoms with Gasteiger partial charge in [0, 0.05) is 17.3 Å². The number of aryl methyl sites for hydroxylation is 1. The zero-order valence-corrected chi connectivity index (χ0v) is 10.5. The van der Waals surface area contributed by atoms with Crippen molar-refractivity contribution in [1.82, 2.24) is 4.98 Å². The number of aromatic nitrogens is 1. The maximum Gasteiger partial charge on any atom is 0.0597 e. The van der Waals surface area contributed by atoms with Crippen molar-refractivity contribution in [2.45, 2.75) is 19.3 Å². The summed E-state index contributed by atoms with van der Waals surface area (Å²) in [6.07, 6.45) is 0. The number of hydrogen-bond acceptors (Lipinski definition) is 2. The van der Waals surface area contributed by atoms with Crippen LogP contribution in [0, 0.1) is 6.92 Å². The second kappa shape index (κ2) is 5.69. The van der Waals surface area contributed by atoms with Gasteiger partial charge in [0.25, 0.3) is 0 Å². The number of anilines is 1. The molecule has 0 bridgehead atoms. The molecule has 0 saturated carbocycles. The zero-order chi connectivity index (χ0) is 12.1. The fraction of sp³-hybridized carbons (Fsp3) is 0.214. The van der Waals surface area contributed by atoms with Gasteiger partial charge >= 0.3 is 0 Å². The summed E-state index contributed by atoms with van der Waals surface area (Å²) in [5, 5.41) is 3.33. The SMILES string of the molecule is Cc1cccc(CNc2ccc(CCl)cc2)n1. The van der Waals surface area contributed by atoms with E-state index in [9.17, 15) is 0 Å². The normalized spacial score (nSPS) is 10.2. The van der Waals surface area contributed by atoms with Crippen molar-refractivity contribution in [3.63, 3.8) is 0 Å². The Bertz CT molecular complexity index is 480. The molecule has 3 heteroatoms. The molecular formula is C14H15ClN2. The third-order valence-electron chi connectivity index (χ3n) is 2.53. The standard InChI is InChI=1S/C14H15ClN2/c1-11-3-2-4-14(17-11)10-16-13-7-5-12(9-15)6-8-13/h2-8,16H,9-10H2,1H3. The maximum absolute atomic E-state index is 5.74. The van der Waals surface area contributed by atoms with E-state index in [1.54, 1.807) is 0 Å². The number of nitrogens with zero attached hydrogens (tertiary/aromatic N) is 1. The number of nitrogens with one attached hydrogen (secondary N) is 1. The molecule has 2 rings (SSSR count). The molecule has 2 aromatic rings. The van der Waals surface area contributed by atoms with Gasteiger partial charge in [0.1, 0.15) is 0 Å². The van der Waals surface area contributed by atoms with E-state index in [2.05, 4.69) is 10.3 Å². The fourth-order valence-corrected chi connectivity index (χ4v) is 1.78. The highest BCUT2D eigenvalue weighted by Crippen LogP contribution is 2.12. The Hall–Kier alpha value is -1.54. The number of benzene rings is 1. The van der Waals surface area contributed by atoms with Crippen LogP contribution in [0.1, 0.15) is 17.0 Å². The van der Waals surface area contributed by atoms with Gasteiger partial charge in [0.05, 0.1) is 12.2 Å². The van der Waals surface area contributed by atoms with Gasteiger partial charge in [-0.25, -0.2) is 0 Å². The highest BCUT2D eigenvalue weighted by Gasteiger charge is 1.96. The first-order chi connectivity index (χ1) is 8.28. The molecular weight excluding hydrogens is 232 g/mol. The van der Waals surface area contributed by atoms with Crippen molar-refractivity contribution in [1.29, 1.82) is 0 Å². The zero-order valence-electron chi connectivity index (χ0n) is 9.78. The van der Waals surface area contributed by atoms with Crippen molar-refractivity contribution in [3.05, 3.63) is 59.4 Å². The fourth-order valence-electron chi connectivity index (χ4n) is 1.60. The molecule has 0 fully saturated rings. The maximum atomic E-state index is 5.74. The average molecular weight is 247 g/mol. The molecule has 0 radical (unpaired) electrons. The summed E-state index contributed by atoms with van der Waals surface area (Å²) in [7, 11) is 0. The summed E-state index contributed by atoms with van der Waals surface area (Å²) in [6.45, 7) is 2.74. The summed E-state index contributed by atoms with van der Waals surface area (Å²) in [5.74, 6) is 0.555. The largest absolute Gasteiger partial charge is 0.379 e. The molecule has 88 valence electrons. The lowest BCUT2D eigenvalue weighted by atomic mass is 10.2. The van der Waals surface area contributed by atoms with Gasteiger partial charge in [0.15, 0.2) is 0 Å². The molecule has 2 nitrogen and oxygen atoms in total. The molecule has 1 aromatic heterocycles. The van der Waals surface area contributed by atoms with Crippen LogP contribution in [-0.4, -0.2) is 4.98 Å². The summed E-state index contributed by atoms with van der Waals surface area (Å²) in [4.78, 5) is 4.44. The average Bonchev–Trinajstić information content (AvgIpc) is 2.37. The van der Waals surface area contributed by atoms with E-state index >= 15 is 0 Å². The van der Waals surface area contributed by atoms with Crippen LogP contribution in [0.2, 0.25) is 0 Å². The monoisotopic (exact) mass is 246 g/mol. The van der Waals surface area contributed by atoms with Crippen molar-refractivity contribution in [2.24, 2.45) is 0 Å². The minimum atomic E-state index is 0.555. The number of halogens is 1. The van der Waals surface area contributed by atoms with Crippen molar-refractivity contribution < 1.29 is 0 Å². The summed E-state index contributed by atoms with van der Waals surface area (Å²) in [5.41, 5.74) is 4.31. The molecule has 0 saturated heterocycles. The van der Waals surface area contributed by atoms with E-state index in [4.69, 9.17) is 11.6 Å². The van der Waals surface area contributed by atoms with Crippen LogP contribution < -0.4 is 5.32 Å². The minimum absolute atomic E-state index is 0.555. The van der Waals surface area contributed by atoms with E-state index in [0.717, 1.165) is 29.2 Å². The Morgan fingerprint density at radius 2 is 1.88 bits per heavy atom. The van der Waals surface area contributed by atoms with Gasteiger partial charge in [-0.05, 0) is 36.8 Å². The van der Waals surface area contributed by atoms with Gasteiger partial charge in [-0.1, -0.05) is 18.2 Å². The third-order valence-corrected chi connectivity index (χ3v) is 2.84. The van der Waals surface area contributed by atoms with E-state index in [1.807, 2.05) is 49.4 Å². The first-order valence-corrected chi connectivity index (χ1v) is 6.13. The molecule has 0 unspecified atom stereocenters. The third kappa shape index (κ3) is 3.46. The van der Waals surface area contributed by atoms with Crippen molar-refractivity contribution in [2.75, 3.05) is 5.32 Å². The molecule has 0 atom stereocenters. The number of hydrogen-bond donors (Lipinski definition) is 1. The molecule has 1 heterocycles. The Morgan fingerprint density at radius 3 is 2.53 bits per heavy atom. The molecule has 0 aliphatic heterocycles. The van der Waals surface area contributed by atoms with Gasteiger partial charge < -0.3 is 5.32 Å². The van der Waals surface area contributed by atoms with Crippen LogP contribution in [-0.2, 0) is 12.4 Å². The predicted octanol–water partition coefficient (Wildman–Crippen LogP) is 3.74. The second-order valence-electron chi connectivity index (χ2n) is 3.95. The molecule has 0 spiro atoms. The van der Waals surface area contributed by atoms with Crippen LogP contribution in [0.15, 0.2) is 42.5 Å². The van der Waals surface area contributed by atoms with Crippen LogP contribution >= 0.6 is 11.6 Å². The van der Waals surface area contributed by atoms with Gasteiger partial charge in [0.2, 0.25) is 0 Å². The quantitative estimate of drug-likeness (QED) is 0.832. The van der Waals surface area contributed by atoms with Crippen LogP contribution in [0.4, 0.5) is 5.69 Å². The van der Waals surface area contributed by atoms with E-state index in [-0.39, 0.29) is 0 Å². The van der Waals surface area contributed by atoms with Crippen molar-refractivity contribution >= 4 is 17.3 Å². The van der Waals surface area contributed by atoms with E-state index in [0.29, 0.717) is 5.88 Å². The smallest absolute Gasteiger partial charge is 0.0597 e. The van der Waals surface area contributed by atoms with E-state index in [1.165, 1.54) is 0 Å². The lowest BCUT2D eigenvalue weighted by Gasteiger charge is -2.07. The molecule has 17 heavy (non-hydrogen) atoms. The van der Waals surface area contributed by atoms with Gasteiger partial charge in [-0.2, -0.15) is 0 Å². The van der Waals surface area contributed by atoms with Gasteiger partial charge in [-0.3, -0.25) is 4.98 Å². The first kappa shape index (κ1) is 11.9. The second-order valence-corrected chi connectivity index (χ2v) is 4.22. The molecule has 1 N–H and O–H groups in total. The Morgan fingerprint density at radius 1 is 1.12 bits per heavy atom. The van der Waals surface area contributed by atoms with Crippen LogP contribution in [0.3, 0.4) is 0 Å². The van der Waals surface area contributed by atoms with Crippen molar-refractivity contribution in [3.8, 4) is 0 Å². The number of rotatable bonds is 4. The summed E-state index contributed by atoms with van der Waals surface area (Å²) >= 11 is 5.74. The highest BCUT2D eigenvalue weighted by atomic mass is 35.5. The number of pyridine rings is 1. The number of alkyl halides is 1. The minimum Gasteiger partial charge on any atom is -0.379 e. The van der Waals surface area contributed by atoms with Crippen LogP contribution in [0.5, 0.6) is 0 Å². The summed E-state index contributed by atoms with van der Waals surface area (Å²) in [6, 6.07) is 14.2. The molecule has 0 amide bonds. The lowest BCUT2D eigenvalue weighted by Crippen LogP contribution is -2.02. The Balaban J connectivity index is 1.97. The Labute approximate surface area is 107 Å². The summed E-state index contributed by atoms with van der Waals surface area (Å²) < 4.78 is 0.